The Morgan fingerprint density at radius 2 is 1.61 bits per heavy atom. The number of hydrogen-bond acceptors (Lipinski definition) is 5. The summed E-state index contributed by atoms with van der Waals surface area (Å²) in [6.45, 7) is 4.66. The highest BCUT2D eigenvalue weighted by Crippen LogP contribution is 2.25. The summed E-state index contributed by atoms with van der Waals surface area (Å²) in [5.74, 6) is 1.75. The quantitative estimate of drug-likeness (QED) is 0.567. The van der Waals surface area contributed by atoms with Crippen LogP contribution in [-0.2, 0) is 4.79 Å². The Bertz CT molecular complexity index is 949. The second-order valence-corrected chi connectivity index (χ2v) is 7.70. The van der Waals surface area contributed by atoms with Crippen molar-refractivity contribution in [1.82, 2.24) is 15.3 Å². The molecular formula is C25H28N4O2. The molecule has 1 N–H and O–H groups in total. The van der Waals surface area contributed by atoms with Crippen LogP contribution in [0.3, 0.4) is 0 Å². The molecule has 0 unspecified atom stereocenters. The zero-order chi connectivity index (χ0) is 21.5. The van der Waals surface area contributed by atoms with Gasteiger partial charge in [0.2, 0.25) is 11.8 Å². The second-order valence-electron chi connectivity index (χ2n) is 7.70. The topological polar surface area (TPSA) is 67.3 Å². The van der Waals surface area contributed by atoms with E-state index in [9.17, 15) is 4.79 Å². The van der Waals surface area contributed by atoms with E-state index >= 15 is 0 Å². The highest BCUT2D eigenvalue weighted by molar-refractivity contribution is 5.87. The Morgan fingerprint density at radius 1 is 1.00 bits per heavy atom. The minimum absolute atomic E-state index is 0.0439. The monoisotopic (exact) mass is 416 g/mol. The average Bonchev–Trinajstić information content (AvgIpc) is 3.33. The molecule has 160 valence electrons. The van der Waals surface area contributed by atoms with Crippen LogP contribution in [0.2, 0.25) is 0 Å². The van der Waals surface area contributed by atoms with Crippen LogP contribution >= 0.6 is 0 Å². The van der Waals surface area contributed by atoms with Crippen LogP contribution in [0.15, 0.2) is 66.7 Å². The molecular weight excluding hydrogens is 388 g/mol. The van der Waals surface area contributed by atoms with Crippen molar-refractivity contribution in [2.75, 3.05) is 31.1 Å². The van der Waals surface area contributed by atoms with Gasteiger partial charge in [-0.3, -0.25) is 4.79 Å². The highest BCUT2D eigenvalue weighted by atomic mass is 16.5. The number of aromatic nitrogens is 2. The zero-order valence-corrected chi connectivity index (χ0v) is 17.8. The Balaban J connectivity index is 1.37. The fourth-order valence-corrected chi connectivity index (χ4v) is 3.93. The van der Waals surface area contributed by atoms with E-state index in [-0.39, 0.29) is 11.8 Å². The second kappa shape index (κ2) is 10.1. The molecule has 1 aromatic heterocycles. The number of hydrogen-bond donors (Lipinski definition) is 1. The van der Waals surface area contributed by atoms with Gasteiger partial charge >= 0.3 is 0 Å². The molecule has 0 bridgehead atoms. The van der Waals surface area contributed by atoms with Crippen LogP contribution in [0.25, 0.3) is 0 Å². The largest absolute Gasteiger partial charge is 0.476 e. The number of carbonyl (C=O) groups is 1. The van der Waals surface area contributed by atoms with Crippen molar-refractivity contribution in [3.8, 4) is 5.88 Å². The zero-order valence-electron chi connectivity index (χ0n) is 17.8. The van der Waals surface area contributed by atoms with Crippen molar-refractivity contribution in [2.45, 2.75) is 25.7 Å². The smallest absolute Gasteiger partial charge is 0.232 e. The van der Waals surface area contributed by atoms with Gasteiger partial charge in [0.25, 0.3) is 0 Å². The van der Waals surface area contributed by atoms with Gasteiger partial charge < -0.3 is 15.0 Å². The van der Waals surface area contributed by atoms with Crippen molar-refractivity contribution < 1.29 is 9.53 Å². The molecule has 1 aliphatic rings. The van der Waals surface area contributed by atoms with Crippen LogP contribution in [-0.4, -0.2) is 42.1 Å². The van der Waals surface area contributed by atoms with Crippen molar-refractivity contribution in [3.63, 3.8) is 0 Å². The maximum atomic E-state index is 13.0. The molecule has 1 fully saturated rings. The van der Waals surface area contributed by atoms with Crippen LogP contribution in [0, 0.1) is 6.92 Å². The number of aryl methyl sites for hydroxylation is 1. The van der Waals surface area contributed by atoms with Crippen molar-refractivity contribution in [1.29, 1.82) is 0 Å². The van der Waals surface area contributed by atoms with E-state index in [4.69, 9.17) is 4.74 Å². The van der Waals surface area contributed by atoms with Gasteiger partial charge in [-0.2, -0.15) is 4.98 Å². The Hall–Kier alpha value is -3.41. The molecule has 0 saturated carbocycles. The maximum Gasteiger partial charge on any atom is 0.232 e. The van der Waals surface area contributed by atoms with E-state index in [1.165, 1.54) is 12.8 Å². The fraction of sp³-hybridized carbons (Fsp3) is 0.320. The van der Waals surface area contributed by atoms with Crippen LogP contribution in [0.4, 0.5) is 5.82 Å². The van der Waals surface area contributed by atoms with E-state index in [0.29, 0.717) is 24.9 Å². The molecule has 2 aromatic carbocycles. The molecule has 1 amide bonds. The Labute approximate surface area is 183 Å². The van der Waals surface area contributed by atoms with E-state index in [2.05, 4.69) is 20.2 Å². The van der Waals surface area contributed by atoms with Gasteiger partial charge in [0.05, 0.1) is 12.5 Å². The molecule has 0 radical (unpaired) electrons. The molecule has 1 aliphatic heterocycles. The lowest BCUT2D eigenvalue weighted by molar-refractivity contribution is -0.121. The number of ether oxygens (including phenoxy) is 1. The number of rotatable bonds is 8. The first kappa shape index (κ1) is 20.8. The fourth-order valence-electron chi connectivity index (χ4n) is 3.93. The molecule has 3 aromatic rings. The van der Waals surface area contributed by atoms with Crippen molar-refractivity contribution in [2.24, 2.45) is 0 Å². The summed E-state index contributed by atoms with van der Waals surface area (Å²) in [7, 11) is 0. The van der Waals surface area contributed by atoms with E-state index in [1.54, 1.807) is 0 Å². The third kappa shape index (κ3) is 5.40. The average molecular weight is 417 g/mol. The third-order valence-corrected chi connectivity index (χ3v) is 5.41. The number of anilines is 1. The van der Waals surface area contributed by atoms with E-state index in [0.717, 1.165) is 30.0 Å². The molecule has 31 heavy (non-hydrogen) atoms. The summed E-state index contributed by atoms with van der Waals surface area (Å²) in [6.07, 6.45) is 2.38. The molecule has 6 heteroatoms. The molecule has 6 nitrogen and oxygen atoms in total. The van der Waals surface area contributed by atoms with Crippen molar-refractivity contribution >= 4 is 11.7 Å². The number of carbonyl (C=O) groups excluding carboxylic acids is 1. The lowest BCUT2D eigenvalue weighted by Gasteiger charge is -2.19. The molecule has 4 rings (SSSR count). The van der Waals surface area contributed by atoms with E-state index < -0.39 is 0 Å². The van der Waals surface area contributed by atoms with Gasteiger partial charge in [-0.1, -0.05) is 60.7 Å². The standard InChI is InChI=1S/C25H28N4O2/c1-19-27-22(29-15-8-9-16-29)18-23(28-19)31-17-14-26-25(30)24(20-10-4-2-5-11-20)21-12-6-3-7-13-21/h2-7,10-13,18,24H,8-9,14-17H2,1H3,(H,26,30). The predicted molar refractivity (Wildman–Crippen MR) is 121 cm³/mol. The maximum absolute atomic E-state index is 13.0. The highest BCUT2D eigenvalue weighted by Gasteiger charge is 2.22. The van der Waals surface area contributed by atoms with Crippen LogP contribution in [0.1, 0.15) is 35.7 Å². The number of nitrogens with one attached hydrogen (secondary N) is 1. The molecule has 0 spiro atoms. The lowest BCUT2D eigenvalue weighted by Crippen LogP contribution is -2.33. The van der Waals surface area contributed by atoms with Crippen molar-refractivity contribution in [3.05, 3.63) is 83.7 Å². The summed E-state index contributed by atoms with van der Waals surface area (Å²) in [5.41, 5.74) is 1.93. The first-order valence-electron chi connectivity index (χ1n) is 10.8. The van der Waals surface area contributed by atoms with Gasteiger partial charge in [0, 0.05) is 19.2 Å². The number of nitrogens with zero attached hydrogens (tertiary/aromatic N) is 3. The predicted octanol–water partition coefficient (Wildman–Crippen LogP) is 3.71. The Morgan fingerprint density at radius 3 is 2.23 bits per heavy atom. The first-order valence-corrected chi connectivity index (χ1v) is 10.8. The molecule has 1 saturated heterocycles. The molecule has 0 atom stereocenters. The third-order valence-electron chi connectivity index (χ3n) is 5.41. The van der Waals surface area contributed by atoms with Gasteiger partial charge in [0.1, 0.15) is 18.2 Å². The molecule has 0 aliphatic carbocycles. The van der Waals surface area contributed by atoms with Crippen LogP contribution in [0.5, 0.6) is 5.88 Å². The van der Waals surface area contributed by atoms with Gasteiger partial charge in [-0.05, 0) is 30.9 Å². The first-order chi connectivity index (χ1) is 15.2. The summed E-state index contributed by atoms with van der Waals surface area (Å²) in [6, 6.07) is 21.6. The lowest BCUT2D eigenvalue weighted by atomic mass is 9.90. The minimum atomic E-state index is -0.356. The van der Waals surface area contributed by atoms with E-state index in [1.807, 2.05) is 73.7 Å². The van der Waals surface area contributed by atoms with Gasteiger partial charge in [-0.15, -0.1) is 0 Å². The SMILES string of the molecule is Cc1nc(OCCNC(=O)C(c2ccccc2)c2ccccc2)cc(N2CCCC2)n1. The summed E-state index contributed by atoms with van der Waals surface area (Å²) in [5, 5.41) is 3.02. The Kier molecular flexibility index (Phi) is 6.77. The normalized spacial score (nSPS) is 13.4. The van der Waals surface area contributed by atoms with Gasteiger partial charge in [0.15, 0.2) is 0 Å². The summed E-state index contributed by atoms with van der Waals surface area (Å²) >= 11 is 0. The summed E-state index contributed by atoms with van der Waals surface area (Å²) < 4.78 is 5.84. The minimum Gasteiger partial charge on any atom is -0.476 e. The van der Waals surface area contributed by atoms with Gasteiger partial charge in [-0.25, -0.2) is 4.98 Å². The van der Waals surface area contributed by atoms with Crippen LogP contribution < -0.4 is 15.0 Å². The summed E-state index contributed by atoms with van der Waals surface area (Å²) in [4.78, 5) is 24.2. The molecule has 2 heterocycles. The number of benzene rings is 2. The number of amides is 1.